The number of aryl methyl sites for hydroxylation is 3. The molecule has 3 aromatic rings. The van der Waals surface area contributed by atoms with Gasteiger partial charge in [-0.25, -0.2) is 8.42 Å². The van der Waals surface area contributed by atoms with Crippen LogP contribution in [0.4, 0.5) is 11.4 Å². The summed E-state index contributed by atoms with van der Waals surface area (Å²) in [5.74, 6) is 0.0478. The van der Waals surface area contributed by atoms with Crippen molar-refractivity contribution in [1.29, 1.82) is 0 Å². The van der Waals surface area contributed by atoms with Gasteiger partial charge in [0.15, 0.2) is 6.61 Å². The van der Waals surface area contributed by atoms with E-state index in [0.29, 0.717) is 22.1 Å². The van der Waals surface area contributed by atoms with Crippen LogP contribution >= 0.6 is 11.6 Å². The molecule has 0 radical (unpaired) electrons. The van der Waals surface area contributed by atoms with Crippen molar-refractivity contribution < 1.29 is 17.9 Å². The average Bonchev–Trinajstić information content (AvgIpc) is 2.71. The van der Waals surface area contributed by atoms with Crippen molar-refractivity contribution in [3.05, 3.63) is 82.4 Å². The van der Waals surface area contributed by atoms with Gasteiger partial charge in [0.2, 0.25) is 0 Å². The predicted molar refractivity (Wildman–Crippen MR) is 123 cm³/mol. The van der Waals surface area contributed by atoms with Gasteiger partial charge in [0.1, 0.15) is 5.75 Å². The number of ether oxygens (including phenoxy) is 1. The van der Waals surface area contributed by atoms with Gasteiger partial charge in [-0.3, -0.25) is 9.52 Å². The maximum Gasteiger partial charge on any atom is 0.262 e. The van der Waals surface area contributed by atoms with Gasteiger partial charge in [0.25, 0.3) is 15.9 Å². The molecular weight excluding hydrogens is 436 g/mol. The van der Waals surface area contributed by atoms with E-state index in [-0.39, 0.29) is 17.4 Å². The Bertz CT molecular complexity index is 1210. The quantitative estimate of drug-likeness (QED) is 0.516. The number of benzene rings is 3. The van der Waals surface area contributed by atoms with Crippen molar-refractivity contribution in [3.8, 4) is 5.75 Å². The molecule has 31 heavy (non-hydrogen) atoms. The summed E-state index contributed by atoms with van der Waals surface area (Å²) in [6.07, 6.45) is 0. The topological polar surface area (TPSA) is 84.5 Å². The highest BCUT2D eigenvalue weighted by Crippen LogP contribution is 2.22. The molecule has 0 aromatic heterocycles. The first-order chi connectivity index (χ1) is 14.6. The summed E-state index contributed by atoms with van der Waals surface area (Å²) in [4.78, 5) is 12.2. The second-order valence-corrected chi connectivity index (χ2v) is 9.29. The van der Waals surface area contributed by atoms with Crippen molar-refractivity contribution in [2.24, 2.45) is 0 Å². The fraction of sp³-hybridized carbons (Fsp3) is 0.174. The van der Waals surface area contributed by atoms with Crippen molar-refractivity contribution in [1.82, 2.24) is 0 Å². The van der Waals surface area contributed by atoms with E-state index in [1.807, 2.05) is 26.8 Å². The molecule has 0 bridgehead atoms. The number of nitrogens with one attached hydrogen (secondary N) is 2. The minimum absolute atomic E-state index is 0.0966. The molecule has 3 aromatic carbocycles. The van der Waals surface area contributed by atoms with Gasteiger partial charge in [0.05, 0.1) is 4.90 Å². The molecule has 0 aliphatic rings. The van der Waals surface area contributed by atoms with Gasteiger partial charge >= 0.3 is 0 Å². The van der Waals surface area contributed by atoms with E-state index in [9.17, 15) is 13.2 Å². The maximum absolute atomic E-state index is 12.6. The summed E-state index contributed by atoms with van der Waals surface area (Å²) in [5, 5.41) is 3.34. The highest BCUT2D eigenvalue weighted by atomic mass is 35.5. The Balaban J connectivity index is 1.60. The van der Waals surface area contributed by atoms with Crippen LogP contribution in [0.1, 0.15) is 16.7 Å². The number of sulfonamides is 1. The molecule has 3 rings (SSSR count). The molecule has 0 saturated carbocycles. The van der Waals surface area contributed by atoms with Gasteiger partial charge in [0, 0.05) is 16.4 Å². The zero-order chi connectivity index (χ0) is 22.6. The molecule has 2 N–H and O–H groups in total. The number of rotatable bonds is 7. The molecular formula is C23H23ClN2O4S. The Morgan fingerprint density at radius 3 is 2.26 bits per heavy atom. The molecule has 0 aliphatic heterocycles. The lowest BCUT2D eigenvalue weighted by Gasteiger charge is -2.11. The third kappa shape index (κ3) is 5.99. The van der Waals surface area contributed by atoms with Crippen LogP contribution < -0.4 is 14.8 Å². The molecule has 0 aliphatic carbocycles. The molecule has 1 amide bonds. The standard InChI is InChI=1S/C23H23ClN2O4S/c1-15-4-6-19(13-16(15)2)26-31(28,29)21-9-7-20(8-10-21)30-14-23(27)25-22-11-5-18(24)12-17(22)3/h4-13,26H,14H2,1-3H3,(H,25,27). The maximum atomic E-state index is 12.6. The molecule has 0 unspecified atom stereocenters. The van der Waals surface area contributed by atoms with Gasteiger partial charge < -0.3 is 10.1 Å². The number of hydrogen-bond acceptors (Lipinski definition) is 4. The van der Waals surface area contributed by atoms with E-state index in [0.717, 1.165) is 16.7 Å². The van der Waals surface area contributed by atoms with E-state index < -0.39 is 10.0 Å². The number of anilines is 2. The Morgan fingerprint density at radius 1 is 0.903 bits per heavy atom. The first-order valence-corrected chi connectivity index (χ1v) is 11.4. The molecule has 162 valence electrons. The number of amides is 1. The second kappa shape index (κ2) is 9.41. The molecule has 0 fully saturated rings. The molecule has 0 heterocycles. The Morgan fingerprint density at radius 2 is 1.61 bits per heavy atom. The molecule has 0 atom stereocenters. The van der Waals surface area contributed by atoms with Crippen LogP contribution in [-0.2, 0) is 14.8 Å². The summed E-state index contributed by atoms with van der Waals surface area (Å²) < 4.78 is 33.2. The highest BCUT2D eigenvalue weighted by Gasteiger charge is 2.15. The first-order valence-electron chi connectivity index (χ1n) is 9.53. The number of halogens is 1. The van der Waals surface area contributed by atoms with Crippen LogP contribution in [0.15, 0.2) is 65.6 Å². The lowest BCUT2D eigenvalue weighted by atomic mass is 10.1. The third-order valence-corrected chi connectivity index (χ3v) is 6.36. The Hall–Kier alpha value is -3.03. The first kappa shape index (κ1) is 22.7. The minimum atomic E-state index is -3.74. The number of hydrogen-bond donors (Lipinski definition) is 2. The summed E-state index contributed by atoms with van der Waals surface area (Å²) in [6.45, 7) is 5.51. The lowest BCUT2D eigenvalue weighted by Crippen LogP contribution is -2.20. The predicted octanol–water partition coefficient (Wildman–Crippen LogP) is 5.08. The van der Waals surface area contributed by atoms with Crippen molar-refractivity contribution in [2.75, 3.05) is 16.6 Å². The number of carbonyl (C=O) groups excluding carboxylic acids is 1. The van der Waals surface area contributed by atoms with Gasteiger partial charge in [-0.1, -0.05) is 17.7 Å². The monoisotopic (exact) mass is 458 g/mol. The van der Waals surface area contributed by atoms with Crippen molar-refractivity contribution >= 4 is 38.9 Å². The normalized spacial score (nSPS) is 11.1. The van der Waals surface area contributed by atoms with Crippen LogP contribution in [0.5, 0.6) is 5.75 Å². The second-order valence-electron chi connectivity index (χ2n) is 7.17. The Labute approximate surface area is 187 Å². The summed E-state index contributed by atoms with van der Waals surface area (Å²) >= 11 is 5.91. The van der Waals surface area contributed by atoms with Crippen LogP contribution in [0.2, 0.25) is 5.02 Å². The SMILES string of the molecule is Cc1ccc(NS(=O)(=O)c2ccc(OCC(=O)Nc3ccc(Cl)cc3C)cc2)cc1C. The molecule has 0 spiro atoms. The fourth-order valence-electron chi connectivity index (χ4n) is 2.84. The van der Waals surface area contributed by atoms with E-state index in [4.69, 9.17) is 16.3 Å². The van der Waals surface area contributed by atoms with Gasteiger partial charge in [-0.2, -0.15) is 0 Å². The van der Waals surface area contributed by atoms with Crippen LogP contribution in [0.25, 0.3) is 0 Å². The van der Waals surface area contributed by atoms with Crippen LogP contribution in [-0.4, -0.2) is 20.9 Å². The zero-order valence-corrected chi connectivity index (χ0v) is 19.0. The zero-order valence-electron chi connectivity index (χ0n) is 17.4. The average molecular weight is 459 g/mol. The van der Waals surface area contributed by atoms with E-state index in [1.165, 1.54) is 24.3 Å². The molecule has 8 heteroatoms. The molecule has 0 saturated heterocycles. The Kier molecular flexibility index (Phi) is 6.87. The molecule has 6 nitrogen and oxygen atoms in total. The van der Waals surface area contributed by atoms with Crippen molar-refractivity contribution in [2.45, 2.75) is 25.7 Å². The van der Waals surface area contributed by atoms with E-state index >= 15 is 0 Å². The lowest BCUT2D eigenvalue weighted by molar-refractivity contribution is -0.118. The van der Waals surface area contributed by atoms with Gasteiger partial charge in [-0.05, 0) is 92.1 Å². The number of carbonyl (C=O) groups is 1. The van der Waals surface area contributed by atoms with Gasteiger partial charge in [-0.15, -0.1) is 0 Å². The summed E-state index contributed by atoms with van der Waals surface area (Å²) in [7, 11) is -3.74. The summed E-state index contributed by atoms with van der Waals surface area (Å²) in [6, 6.07) is 16.4. The highest BCUT2D eigenvalue weighted by molar-refractivity contribution is 7.92. The third-order valence-electron chi connectivity index (χ3n) is 4.73. The smallest absolute Gasteiger partial charge is 0.262 e. The fourth-order valence-corrected chi connectivity index (χ4v) is 4.11. The van der Waals surface area contributed by atoms with Crippen LogP contribution in [0, 0.1) is 20.8 Å². The van der Waals surface area contributed by atoms with Crippen LogP contribution in [0.3, 0.4) is 0 Å². The largest absolute Gasteiger partial charge is 0.484 e. The van der Waals surface area contributed by atoms with E-state index in [2.05, 4.69) is 10.0 Å². The summed E-state index contributed by atoms with van der Waals surface area (Å²) in [5.41, 5.74) is 4.07. The minimum Gasteiger partial charge on any atom is -0.484 e. The van der Waals surface area contributed by atoms with E-state index in [1.54, 1.807) is 30.3 Å². The van der Waals surface area contributed by atoms with Crippen molar-refractivity contribution in [3.63, 3.8) is 0 Å².